The highest BCUT2D eigenvalue weighted by Crippen LogP contribution is 2.29. The summed E-state index contributed by atoms with van der Waals surface area (Å²) >= 11 is 1.60. The quantitative estimate of drug-likeness (QED) is 0.543. The molecule has 2 heterocycles. The zero-order valence-corrected chi connectivity index (χ0v) is 19.5. The maximum absolute atomic E-state index is 12.8. The highest BCUT2D eigenvalue weighted by atomic mass is 32.1. The number of aromatic nitrogens is 1. The molecule has 1 aliphatic heterocycles. The van der Waals surface area contributed by atoms with E-state index < -0.39 is 28.9 Å². The van der Waals surface area contributed by atoms with Gasteiger partial charge >= 0.3 is 0 Å². The third-order valence-corrected chi connectivity index (χ3v) is 6.93. The maximum atomic E-state index is 12.8. The Morgan fingerprint density at radius 1 is 1.32 bits per heavy atom. The minimum atomic E-state index is -1.63. The molecule has 0 aliphatic carbocycles. The molecule has 0 bridgehead atoms. The van der Waals surface area contributed by atoms with Gasteiger partial charge in [-0.05, 0) is 30.4 Å². The third kappa shape index (κ3) is 5.03. The van der Waals surface area contributed by atoms with Crippen LogP contribution in [0.4, 0.5) is 0 Å². The SMILES string of the molecule is Cc1ncsc1-c1ccc(C(C)NC(=O)[C@@H]2C[C@](O)(C(=O)C(N)C(C)(C)C)CN2)cc1. The van der Waals surface area contributed by atoms with Gasteiger partial charge in [-0.25, -0.2) is 4.98 Å². The molecule has 7 nitrogen and oxygen atoms in total. The number of carbonyl (C=O) groups is 2. The normalized spacial score (nSPS) is 23.4. The van der Waals surface area contributed by atoms with E-state index in [0.29, 0.717) is 0 Å². The molecule has 1 aromatic carbocycles. The lowest BCUT2D eigenvalue weighted by Gasteiger charge is -2.31. The number of rotatable bonds is 6. The number of β-amino-alcohol motifs (C(OH)–C–C–N with tert-alkyl or cyclic N) is 1. The number of amides is 1. The molecule has 3 rings (SSSR count). The summed E-state index contributed by atoms with van der Waals surface area (Å²) in [6.45, 7) is 9.48. The standard InChI is InChI=1S/C23H32N4O3S/c1-13(15-6-8-16(9-7-15)18-14(2)26-12-31-18)27-21(29)17-10-23(30,11-25-17)20(28)19(24)22(3,4)5/h6-9,12-13,17,19,25,30H,10-11,24H2,1-5H3,(H,27,29)/t13?,17-,19?,23+/m0/s1. The van der Waals surface area contributed by atoms with Gasteiger partial charge in [0.1, 0.15) is 5.60 Å². The highest BCUT2D eigenvalue weighted by molar-refractivity contribution is 7.13. The van der Waals surface area contributed by atoms with Crippen molar-refractivity contribution in [2.45, 2.75) is 64.8 Å². The van der Waals surface area contributed by atoms with E-state index in [4.69, 9.17) is 5.73 Å². The minimum absolute atomic E-state index is 0.0117. The zero-order valence-electron chi connectivity index (χ0n) is 18.7. The van der Waals surface area contributed by atoms with Crippen molar-refractivity contribution in [2.75, 3.05) is 6.54 Å². The Balaban J connectivity index is 1.61. The van der Waals surface area contributed by atoms with E-state index in [1.807, 2.05) is 64.4 Å². The number of aryl methyl sites for hydroxylation is 1. The van der Waals surface area contributed by atoms with E-state index in [-0.39, 0.29) is 24.9 Å². The first-order valence-electron chi connectivity index (χ1n) is 10.5. The number of hydrogen-bond acceptors (Lipinski definition) is 7. The number of nitrogens with one attached hydrogen (secondary N) is 2. The smallest absolute Gasteiger partial charge is 0.237 e. The molecule has 0 spiro atoms. The molecular weight excluding hydrogens is 412 g/mol. The summed E-state index contributed by atoms with van der Waals surface area (Å²) in [7, 11) is 0. The predicted octanol–water partition coefficient (Wildman–Crippen LogP) is 2.33. The van der Waals surface area contributed by atoms with Crippen molar-refractivity contribution < 1.29 is 14.7 Å². The van der Waals surface area contributed by atoms with E-state index in [9.17, 15) is 14.7 Å². The molecule has 1 fully saturated rings. The van der Waals surface area contributed by atoms with E-state index in [2.05, 4.69) is 15.6 Å². The summed E-state index contributed by atoms with van der Waals surface area (Å²) in [6, 6.07) is 6.36. The van der Waals surface area contributed by atoms with Crippen LogP contribution >= 0.6 is 11.3 Å². The number of nitrogens with two attached hydrogens (primary N) is 1. The Morgan fingerprint density at radius 3 is 2.52 bits per heavy atom. The van der Waals surface area contributed by atoms with Crippen LogP contribution in [-0.2, 0) is 9.59 Å². The molecule has 4 atom stereocenters. The van der Waals surface area contributed by atoms with Gasteiger partial charge in [0.05, 0.1) is 34.2 Å². The number of hydrogen-bond donors (Lipinski definition) is 4. The van der Waals surface area contributed by atoms with Crippen LogP contribution in [0, 0.1) is 12.3 Å². The highest BCUT2D eigenvalue weighted by Gasteiger charge is 2.49. The average molecular weight is 445 g/mol. The lowest BCUT2D eigenvalue weighted by atomic mass is 9.78. The second-order valence-corrected chi connectivity index (χ2v) is 10.4. The lowest BCUT2D eigenvalue weighted by molar-refractivity contribution is -0.139. The molecule has 1 amide bonds. The van der Waals surface area contributed by atoms with Crippen LogP contribution in [0.3, 0.4) is 0 Å². The van der Waals surface area contributed by atoms with Gasteiger partial charge in [-0.15, -0.1) is 11.3 Å². The molecule has 1 saturated heterocycles. The fourth-order valence-corrected chi connectivity index (χ4v) is 4.54. The lowest BCUT2D eigenvalue weighted by Crippen LogP contribution is -2.54. The van der Waals surface area contributed by atoms with E-state index in [1.54, 1.807) is 11.3 Å². The zero-order chi connectivity index (χ0) is 23.0. The molecule has 168 valence electrons. The monoisotopic (exact) mass is 444 g/mol. The largest absolute Gasteiger partial charge is 0.381 e. The van der Waals surface area contributed by atoms with Gasteiger partial charge in [-0.1, -0.05) is 45.0 Å². The topological polar surface area (TPSA) is 117 Å². The van der Waals surface area contributed by atoms with Crippen molar-refractivity contribution in [1.29, 1.82) is 0 Å². The molecule has 1 aliphatic rings. The number of ketones is 1. The van der Waals surface area contributed by atoms with Crippen molar-refractivity contribution in [1.82, 2.24) is 15.6 Å². The number of thiazole rings is 1. The number of Topliss-reactive ketones (excluding diaryl/α,β-unsaturated/α-hetero) is 1. The number of nitrogens with zero attached hydrogens (tertiary/aromatic N) is 1. The average Bonchev–Trinajstić information content (AvgIpc) is 3.32. The van der Waals surface area contributed by atoms with Gasteiger partial charge in [-0.2, -0.15) is 0 Å². The Labute approximate surface area is 187 Å². The second kappa shape index (κ2) is 8.78. The Kier molecular flexibility index (Phi) is 6.67. The van der Waals surface area contributed by atoms with Gasteiger partial charge in [0.25, 0.3) is 0 Å². The van der Waals surface area contributed by atoms with Crippen LogP contribution in [0.5, 0.6) is 0 Å². The first-order chi connectivity index (χ1) is 14.4. The van der Waals surface area contributed by atoms with E-state index in [1.165, 1.54) is 0 Å². The van der Waals surface area contributed by atoms with Gasteiger partial charge in [0, 0.05) is 13.0 Å². The van der Waals surface area contributed by atoms with Crippen molar-refractivity contribution in [2.24, 2.45) is 11.1 Å². The van der Waals surface area contributed by atoms with E-state index >= 15 is 0 Å². The molecular formula is C23H32N4O3S. The Hall–Kier alpha value is -2.13. The van der Waals surface area contributed by atoms with Crippen LogP contribution in [0.15, 0.2) is 29.8 Å². The number of aliphatic hydroxyl groups is 1. The molecule has 2 unspecified atom stereocenters. The summed E-state index contributed by atoms with van der Waals surface area (Å²) in [5, 5.41) is 16.8. The Morgan fingerprint density at radius 2 is 1.97 bits per heavy atom. The molecule has 0 saturated carbocycles. The van der Waals surface area contributed by atoms with Crippen LogP contribution < -0.4 is 16.4 Å². The van der Waals surface area contributed by atoms with Gasteiger partial charge in [0.2, 0.25) is 5.91 Å². The Bertz CT molecular complexity index is 950. The summed E-state index contributed by atoms with van der Waals surface area (Å²) in [6.07, 6.45) is 0.0117. The van der Waals surface area contributed by atoms with Crippen LogP contribution in [-0.4, -0.2) is 46.0 Å². The van der Waals surface area contributed by atoms with Gasteiger partial charge in [0.15, 0.2) is 5.78 Å². The third-order valence-electron chi connectivity index (χ3n) is 5.95. The number of carbonyl (C=O) groups excluding carboxylic acids is 2. The first kappa shape index (κ1) is 23.5. The summed E-state index contributed by atoms with van der Waals surface area (Å²) in [5.41, 5.74) is 8.85. The fourth-order valence-electron chi connectivity index (χ4n) is 3.73. The summed E-state index contributed by atoms with van der Waals surface area (Å²) in [5.74, 6) is -0.673. The summed E-state index contributed by atoms with van der Waals surface area (Å²) in [4.78, 5) is 30.9. The van der Waals surface area contributed by atoms with Crippen molar-refractivity contribution in [3.8, 4) is 10.4 Å². The molecule has 8 heteroatoms. The van der Waals surface area contributed by atoms with Gasteiger partial charge < -0.3 is 21.5 Å². The maximum Gasteiger partial charge on any atom is 0.237 e. The van der Waals surface area contributed by atoms with Gasteiger partial charge in [-0.3, -0.25) is 9.59 Å². The predicted molar refractivity (Wildman–Crippen MR) is 123 cm³/mol. The van der Waals surface area contributed by atoms with Crippen LogP contribution in [0.25, 0.3) is 10.4 Å². The molecule has 5 N–H and O–H groups in total. The van der Waals surface area contributed by atoms with E-state index in [0.717, 1.165) is 21.7 Å². The minimum Gasteiger partial charge on any atom is -0.381 e. The molecule has 31 heavy (non-hydrogen) atoms. The summed E-state index contributed by atoms with van der Waals surface area (Å²) < 4.78 is 0. The van der Waals surface area contributed by atoms with Crippen LogP contribution in [0.1, 0.15) is 51.4 Å². The van der Waals surface area contributed by atoms with Crippen molar-refractivity contribution in [3.05, 3.63) is 41.0 Å². The van der Waals surface area contributed by atoms with Crippen molar-refractivity contribution in [3.63, 3.8) is 0 Å². The number of benzene rings is 1. The molecule has 2 aromatic rings. The molecule has 0 radical (unpaired) electrons. The fraction of sp³-hybridized carbons (Fsp3) is 0.522. The second-order valence-electron chi connectivity index (χ2n) is 9.50. The molecule has 1 aromatic heterocycles. The van der Waals surface area contributed by atoms with Crippen molar-refractivity contribution >= 4 is 23.0 Å². The van der Waals surface area contributed by atoms with Crippen LogP contribution in [0.2, 0.25) is 0 Å². The first-order valence-corrected chi connectivity index (χ1v) is 11.4.